The SMILES string of the molecule is CCC1(O)CC(OC2CC(N(C)C)C(OC3CC(O)C(O)C(C)O3)C(C)O2)c2c(O)c3c(c(O)c2C1O)C(=O)c1cccc(O)c1C3=O. The Labute approximate surface area is 277 Å². The molecule has 11 unspecified atom stereocenters. The fourth-order valence-corrected chi connectivity index (χ4v) is 7.57. The van der Waals surface area contributed by atoms with Crippen LogP contribution in [0.25, 0.3) is 0 Å². The van der Waals surface area contributed by atoms with Crippen LogP contribution in [0.4, 0.5) is 0 Å². The van der Waals surface area contributed by atoms with Gasteiger partial charge in [-0.3, -0.25) is 9.59 Å². The van der Waals surface area contributed by atoms with Crippen LogP contribution in [0, 0.1) is 0 Å². The van der Waals surface area contributed by atoms with E-state index in [9.17, 15) is 45.3 Å². The van der Waals surface area contributed by atoms with E-state index in [0.29, 0.717) is 0 Å². The van der Waals surface area contributed by atoms with E-state index in [-0.39, 0.29) is 54.0 Å². The van der Waals surface area contributed by atoms with Gasteiger partial charge in [-0.15, -0.1) is 0 Å². The van der Waals surface area contributed by atoms with E-state index in [2.05, 4.69) is 0 Å². The summed E-state index contributed by atoms with van der Waals surface area (Å²) in [5, 5.41) is 77.0. The van der Waals surface area contributed by atoms with E-state index >= 15 is 0 Å². The Kier molecular flexibility index (Phi) is 9.11. The molecule has 11 atom stereocenters. The molecule has 14 heteroatoms. The van der Waals surface area contributed by atoms with Gasteiger partial charge in [0.25, 0.3) is 0 Å². The van der Waals surface area contributed by atoms with Gasteiger partial charge in [-0.1, -0.05) is 19.1 Å². The number of phenols is 3. The molecule has 262 valence electrons. The number of hydrogen-bond acceptors (Lipinski definition) is 14. The van der Waals surface area contributed by atoms with Gasteiger partial charge in [0.1, 0.15) is 35.6 Å². The highest BCUT2D eigenvalue weighted by Gasteiger charge is 2.52. The van der Waals surface area contributed by atoms with E-state index in [1.165, 1.54) is 18.2 Å². The zero-order valence-corrected chi connectivity index (χ0v) is 27.4. The Morgan fingerprint density at radius 1 is 0.875 bits per heavy atom. The lowest BCUT2D eigenvalue weighted by atomic mass is 9.70. The monoisotopic (exact) mass is 673 g/mol. The van der Waals surface area contributed by atoms with Gasteiger partial charge in [-0.05, 0) is 40.4 Å². The van der Waals surface area contributed by atoms with Gasteiger partial charge < -0.3 is 59.6 Å². The number of rotatable bonds is 6. The van der Waals surface area contributed by atoms with Crippen molar-refractivity contribution in [2.45, 2.75) is 113 Å². The van der Waals surface area contributed by atoms with Crippen LogP contribution in [-0.4, -0.2) is 121 Å². The second-order valence-corrected chi connectivity index (χ2v) is 13.5. The molecule has 6 rings (SSSR count). The standard InChI is InChI=1S/C34H43NO13/c1-6-34(44)12-19(47-20-10-16(35(4)5)32(14(3)46-20)48-21-11-18(37)27(38)13(2)45-21)23-26(33(34)43)31(42)24-25(30(23)41)29(40)22-15(28(24)39)8-7-9-17(22)36/h7-9,13-14,16,18-21,27,32-33,36-38,41-44H,6,10-12H2,1-5H3. The first-order valence-corrected chi connectivity index (χ1v) is 16.2. The first kappa shape index (κ1) is 34.7. The summed E-state index contributed by atoms with van der Waals surface area (Å²) < 4.78 is 24.7. The lowest BCUT2D eigenvalue weighted by molar-refractivity contribution is -0.311. The number of aliphatic hydroxyl groups is 4. The predicted molar refractivity (Wildman–Crippen MR) is 166 cm³/mol. The van der Waals surface area contributed by atoms with E-state index in [0.717, 1.165) is 0 Å². The molecule has 2 aromatic rings. The summed E-state index contributed by atoms with van der Waals surface area (Å²) in [7, 11) is 3.68. The summed E-state index contributed by atoms with van der Waals surface area (Å²) in [4.78, 5) is 29.2. The molecule has 0 saturated carbocycles. The molecular formula is C34H43NO13. The number of fused-ring (bicyclic) bond motifs is 3. The number of ketones is 2. The lowest BCUT2D eigenvalue weighted by Crippen LogP contribution is -2.57. The average Bonchev–Trinajstić information content (AvgIpc) is 3.02. The highest BCUT2D eigenvalue weighted by atomic mass is 16.7. The molecule has 0 spiro atoms. The number of aromatic hydroxyl groups is 3. The quantitative estimate of drug-likeness (QED) is 0.185. The van der Waals surface area contributed by atoms with Gasteiger partial charge in [-0.25, -0.2) is 0 Å². The number of hydrogen-bond donors (Lipinski definition) is 7. The molecule has 2 aliphatic heterocycles. The Balaban J connectivity index is 1.35. The second kappa shape index (κ2) is 12.6. The molecule has 4 aliphatic rings. The molecule has 7 N–H and O–H groups in total. The molecule has 14 nitrogen and oxygen atoms in total. The summed E-state index contributed by atoms with van der Waals surface area (Å²) in [6.07, 6.45) is -8.64. The third kappa shape index (κ3) is 5.49. The molecule has 2 saturated heterocycles. The Hall–Kier alpha value is -3.18. The van der Waals surface area contributed by atoms with Crippen molar-refractivity contribution in [3.8, 4) is 17.2 Å². The first-order chi connectivity index (χ1) is 22.6. The fraction of sp³-hybridized carbons (Fsp3) is 0.588. The van der Waals surface area contributed by atoms with Crippen LogP contribution in [0.15, 0.2) is 18.2 Å². The van der Waals surface area contributed by atoms with Crippen LogP contribution in [0.5, 0.6) is 17.2 Å². The summed E-state index contributed by atoms with van der Waals surface area (Å²) >= 11 is 0. The molecular weight excluding hydrogens is 630 g/mol. The maximum absolute atomic E-state index is 13.7. The summed E-state index contributed by atoms with van der Waals surface area (Å²) in [5.41, 5.74) is -3.97. The Bertz CT molecular complexity index is 1600. The summed E-state index contributed by atoms with van der Waals surface area (Å²) in [6, 6.07) is 3.58. The summed E-state index contributed by atoms with van der Waals surface area (Å²) in [6.45, 7) is 5.04. The van der Waals surface area contributed by atoms with Crippen molar-refractivity contribution in [3.05, 3.63) is 51.6 Å². The van der Waals surface area contributed by atoms with Crippen molar-refractivity contribution in [3.63, 3.8) is 0 Å². The summed E-state index contributed by atoms with van der Waals surface area (Å²) in [5.74, 6) is -3.71. The minimum Gasteiger partial charge on any atom is -0.507 e. The van der Waals surface area contributed by atoms with Crippen LogP contribution in [0.2, 0.25) is 0 Å². The minimum atomic E-state index is -1.86. The van der Waals surface area contributed by atoms with Crippen molar-refractivity contribution in [2.75, 3.05) is 14.1 Å². The van der Waals surface area contributed by atoms with Crippen LogP contribution >= 0.6 is 0 Å². The third-order valence-corrected chi connectivity index (χ3v) is 10.4. The van der Waals surface area contributed by atoms with Crippen molar-refractivity contribution < 1.29 is 64.3 Å². The molecule has 48 heavy (non-hydrogen) atoms. The number of phenolic OH excluding ortho intramolecular Hbond substituents is 3. The maximum Gasteiger partial charge on any atom is 0.202 e. The Morgan fingerprint density at radius 2 is 1.50 bits per heavy atom. The van der Waals surface area contributed by atoms with E-state index < -0.39 is 101 Å². The van der Waals surface area contributed by atoms with Gasteiger partial charge >= 0.3 is 0 Å². The topological polar surface area (TPSA) is 216 Å². The van der Waals surface area contributed by atoms with Gasteiger partial charge in [0.15, 0.2) is 18.4 Å². The zero-order valence-electron chi connectivity index (χ0n) is 27.4. The highest BCUT2D eigenvalue weighted by Crippen LogP contribution is 2.56. The van der Waals surface area contributed by atoms with E-state index in [4.69, 9.17) is 18.9 Å². The fourth-order valence-electron chi connectivity index (χ4n) is 7.57. The van der Waals surface area contributed by atoms with Crippen LogP contribution in [0.1, 0.15) is 102 Å². The van der Waals surface area contributed by atoms with Crippen LogP contribution in [-0.2, 0) is 18.9 Å². The maximum atomic E-state index is 13.7. The van der Waals surface area contributed by atoms with E-state index in [1.54, 1.807) is 20.8 Å². The molecule has 2 heterocycles. The van der Waals surface area contributed by atoms with Crippen LogP contribution < -0.4 is 0 Å². The number of benzene rings is 2. The third-order valence-electron chi connectivity index (χ3n) is 10.4. The van der Waals surface area contributed by atoms with Crippen LogP contribution in [0.3, 0.4) is 0 Å². The largest absolute Gasteiger partial charge is 0.507 e. The van der Waals surface area contributed by atoms with Crippen molar-refractivity contribution in [2.24, 2.45) is 0 Å². The normalized spacial score (nSPS) is 36.5. The number of carbonyl (C=O) groups excluding carboxylic acids is 2. The number of carbonyl (C=O) groups is 2. The first-order valence-electron chi connectivity index (χ1n) is 16.2. The highest BCUT2D eigenvalue weighted by molar-refractivity contribution is 6.31. The molecule has 0 radical (unpaired) electrons. The number of nitrogens with zero attached hydrogens (tertiary/aromatic N) is 1. The van der Waals surface area contributed by atoms with Crippen molar-refractivity contribution in [1.29, 1.82) is 0 Å². The molecule has 0 bridgehead atoms. The van der Waals surface area contributed by atoms with Gasteiger partial charge in [0, 0.05) is 42.0 Å². The smallest absolute Gasteiger partial charge is 0.202 e. The zero-order chi connectivity index (χ0) is 35.0. The second-order valence-electron chi connectivity index (χ2n) is 13.5. The number of likely N-dealkylation sites (N-methyl/N-ethyl adjacent to an activating group) is 1. The van der Waals surface area contributed by atoms with Crippen molar-refractivity contribution in [1.82, 2.24) is 4.90 Å². The van der Waals surface area contributed by atoms with Gasteiger partial charge in [0.05, 0.1) is 46.7 Å². The molecule has 2 aliphatic carbocycles. The Morgan fingerprint density at radius 3 is 2.15 bits per heavy atom. The van der Waals surface area contributed by atoms with E-state index in [1.807, 2.05) is 19.0 Å². The average molecular weight is 674 g/mol. The lowest BCUT2D eigenvalue weighted by Gasteiger charge is -2.47. The molecule has 0 amide bonds. The molecule has 0 aromatic heterocycles. The van der Waals surface area contributed by atoms with Crippen molar-refractivity contribution >= 4 is 11.6 Å². The van der Waals surface area contributed by atoms with Gasteiger partial charge in [-0.2, -0.15) is 0 Å². The molecule has 2 aromatic carbocycles. The number of aliphatic hydroxyl groups excluding tert-OH is 3. The number of ether oxygens (including phenoxy) is 4. The van der Waals surface area contributed by atoms with Gasteiger partial charge in [0.2, 0.25) is 5.78 Å². The molecule has 2 fully saturated rings. The predicted octanol–water partition coefficient (Wildman–Crippen LogP) is 1.52. The minimum absolute atomic E-state index is 0.00680.